The number of hydrogen-bond donors (Lipinski definition) is 0. The number of rotatable bonds is 4. The average Bonchev–Trinajstić information content (AvgIpc) is 3.01. The van der Waals surface area contributed by atoms with Crippen LogP contribution in [0.3, 0.4) is 0 Å². The highest BCUT2D eigenvalue weighted by Gasteiger charge is 2.11. The van der Waals surface area contributed by atoms with E-state index in [2.05, 4.69) is 96.9 Å². The summed E-state index contributed by atoms with van der Waals surface area (Å²) in [6.45, 7) is 4.33. The van der Waals surface area contributed by atoms with E-state index in [0.717, 1.165) is 5.75 Å². The van der Waals surface area contributed by atoms with Crippen LogP contribution in [0.1, 0.15) is 22.5 Å². The summed E-state index contributed by atoms with van der Waals surface area (Å²) in [5, 5.41) is 1.18. The zero-order valence-electron chi connectivity index (χ0n) is 16.8. The summed E-state index contributed by atoms with van der Waals surface area (Å²) in [6.07, 6.45) is 6.50. The predicted molar refractivity (Wildman–Crippen MR) is 116 cm³/mol. The molecule has 0 spiro atoms. The smallest absolute Gasteiger partial charge is 0.213 e. The van der Waals surface area contributed by atoms with Gasteiger partial charge in [0.05, 0.1) is 12.5 Å². The van der Waals surface area contributed by atoms with Gasteiger partial charge in [-0.1, -0.05) is 30.4 Å². The third-order valence-electron chi connectivity index (χ3n) is 5.30. The largest absolute Gasteiger partial charge is 0.497 e. The molecule has 0 radical (unpaired) electrons. The zero-order chi connectivity index (χ0) is 19.7. The van der Waals surface area contributed by atoms with Gasteiger partial charge >= 0.3 is 0 Å². The second-order valence-corrected chi connectivity index (χ2v) is 7.10. The number of aromatic nitrogens is 2. The summed E-state index contributed by atoms with van der Waals surface area (Å²) >= 11 is 0. The Hall–Kier alpha value is -3.33. The van der Waals surface area contributed by atoms with Crippen LogP contribution in [0.25, 0.3) is 28.7 Å². The Kier molecular flexibility index (Phi) is 4.74. The molecular weight excluding hydrogens is 344 g/mol. The Morgan fingerprint density at radius 3 is 2.39 bits per heavy atom. The average molecular weight is 369 g/mol. The van der Waals surface area contributed by atoms with E-state index in [1.54, 1.807) is 7.11 Å². The van der Waals surface area contributed by atoms with Gasteiger partial charge in [-0.15, -0.1) is 0 Å². The van der Waals surface area contributed by atoms with Crippen molar-refractivity contribution in [3.63, 3.8) is 0 Å². The van der Waals surface area contributed by atoms with Gasteiger partial charge in [-0.3, -0.25) is 0 Å². The van der Waals surface area contributed by atoms with E-state index < -0.39 is 0 Å². The van der Waals surface area contributed by atoms with E-state index in [1.807, 2.05) is 12.1 Å². The van der Waals surface area contributed by atoms with Crippen molar-refractivity contribution < 1.29 is 9.30 Å². The van der Waals surface area contributed by atoms with E-state index in [1.165, 1.54) is 39.1 Å². The molecule has 0 saturated heterocycles. The summed E-state index contributed by atoms with van der Waals surface area (Å²) in [4.78, 5) is 0. The molecule has 0 unspecified atom stereocenters. The molecule has 4 aromatic rings. The predicted octanol–water partition coefficient (Wildman–Crippen LogP) is 5.25. The maximum Gasteiger partial charge on any atom is 0.213 e. The molecule has 3 heteroatoms. The van der Waals surface area contributed by atoms with Crippen molar-refractivity contribution in [3.05, 3.63) is 89.4 Å². The third kappa shape index (κ3) is 3.20. The Labute approximate surface area is 166 Å². The van der Waals surface area contributed by atoms with E-state index in [-0.39, 0.29) is 0 Å². The van der Waals surface area contributed by atoms with Crippen LogP contribution in [-0.2, 0) is 7.05 Å². The van der Waals surface area contributed by atoms with Crippen LogP contribution in [0.15, 0.2) is 66.9 Å². The number of ether oxygens (including phenoxy) is 1. The fraction of sp³-hybridized carbons (Fsp3) is 0.160. The minimum atomic E-state index is 0.871. The molecular formula is C25H25N2O+. The van der Waals surface area contributed by atoms with Crippen molar-refractivity contribution in [1.29, 1.82) is 0 Å². The highest BCUT2D eigenvalue weighted by Crippen LogP contribution is 2.25. The molecule has 140 valence electrons. The lowest BCUT2D eigenvalue weighted by Crippen LogP contribution is -2.28. The molecule has 4 rings (SSSR count). The van der Waals surface area contributed by atoms with Crippen molar-refractivity contribution in [2.24, 2.45) is 7.05 Å². The number of hydrogen-bond acceptors (Lipinski definition) is 1. The number of para-hydroxylation sites is 1. The summed E-state index contributed by atoms with van der Waals surface area (Å²) in [5.74, 6) is 0.871. The van der Waals surface area contributed by atoms with Gasteiger partial charge in [-0.25, -0.2) is 4.57 Å². The summed E-state index contributed by atoms with van der Waals surface area (Å²) in [7, 11) is 3.77. The first-order chi connectivity index (χ1) is 13.6. The van der Waals surface area contributed by atoms with Crippen molar-refractivity contribution in [2.75, 3.05) is 7.11 Å². The Balaban J connectivity index is 1.78. The first kappa shape index (κ1) is 18.1. The molecule has 3 nitrogen and oxygen atoms in total. The second-order valence-electron chi connectivity index (χ2n) is 7.10. The molecule has 0 fully saturated rings. The van der Waals surface area contributed by atoms with Gasteiger partial charge in [0.15, 0.2) is 6.20 Å². The lowest BCUT2D eigenvalue weighted by molar-refractivity contribution is -0.644. The Morgan fingerprint density at radius 1 is 0.893 bits per heavy atom. The summed E-state index contributed by atoms with van der Waals surface area (Å²) in [5.41, 5.74) is 7.25. The van der Waals surface area contributed by atoms with Gasteiger partial charge in [0.1, 0.15) is 12.8 Å². The number of methoxy groups -OCH3 is 1. The Morgan fingerprint density at radius 2 is 1.64 bits per heavy atom. The van der Waals surface area contributed by atoms with Crippen LogP contribution in [-0.4, -0.2) is 11.7 Å². The summed E-state index contributed by atoms with van der Waals surface area (Å²) in [6, 6.07) is 21.1. The monoisotopic (exact) mass is 369 g/mol. The van der Waals surface area contributed by atoms with Crippen LogP contribution in [0.4, 0.5) is 0 Å². The number of pyridine rings is 1. The standard InChI is InChI=1S/C25H25N2O/c1-18-16-21(19(2)27(18)22-8-6-5-7-9-22)11-10-20-14-15-26(3)25-13-12-23(28-4)17-24(20)25/h5-17H,1-4H3/q+1. The van der Waals surface area contributed by atoms with Gasteiger partial charge < -0.3 is 9.30 Å². The molecule has 0 aliphatic heterocycles. The molecule has 0 saturated carbocycles. The minimum Gasteiger partial charge on any atom is -0.497 e. The lowest BCUT2D eigenvalue weighted by Gasteiger charge is -2.09. The fourth-order valence-electron chi connectivity index (χ4n) is 3.80. The molecule has 28 heavy (non-hydrogen) atoms. The van der Waals surface area contributed by atoms with E-state index >= 15 is 0 Å². The lowest BCUT2D eigenvalue weighted by atomic mass is 10.1. The highest BCUT2D eigenvalue weighted by atomic mass is 16.5. The number of fused-ring (bicyclic) bond motifs is 1. The first-order valence-corrected chi connectivity index (χ1v) is 9.47. The zero-order valence-corrected chi connectivity index (χ0v) is 16.8. The van der Waals surface area contributed by atoms with Crippen LogP contribution >= 0.6 is 0 Å². The molecule has 0 bridgehead atoms. The van der Waals surface area contributed by atoms with Crippen molar-refractivity contribution in [3.8, 4) is 11.4 Å². The van der Waals surface area contributed by atoms with E-state index in [4.69, 9.17) is 4.74 Å². The van der Waals surface area contributed by atoms with Gasteiger partial charge in [0.2, 0.25) is 5.52 Å². The SMILES string of the molecule is COc1ccc2c(c1)c(/C=C\c1cc(C)n(-c3ccccc3)c1C)cc[n+]2C. The second kappa shape index (κ2) is 7.35. The maximum atomic E-state index is 5.43. The van der Waals surface area contributed by atoms with Gasteiger partial charge in [0.25, 0.3) is 0 Å². The topological polar surface area (TPSA) is 18.0 Å². The quantitative estimate of drug-likeness (QED) is 0.449. The van der Waals surface area contributed by atoms with Crippen molar-refractivity contribution in [2.45, 2.75) is 13.8 Å². The molecule has 0 N–H and O–H groups in total. The van der Waals surface area contributed by atoms with Gasteiger partial charge in [0, 0.05) is 29.2 Å². The van der Waals surface area contributed by atoms with Gasteiger partial charge in [-0.05, 0) is 55.3 Å². The van der Waals surface area contributed by atoms with Crippen molar-refractivity contribution >= 4 is 23.1 Å². The van der Waals surface area contributed by atoms with Crippen LogP contribution in [0, 0.1) is 13.8 Å². The molecule has 2 aromatic heterocycles. The van der Waals surface area contributed by atoms with Crippen molar-refractivity contribution in [1.82, 2.24) is 4.57 Å². The van der Waals surface area contributed by atoms with Crippen LogP contribution in [0.2, 0.25) is 0 Å². The number of benzene rings is 2. The minimum absolute atomic E-state index is 0.871. The Bertz CT molecular complexity index is 1170. The van der Waals surface area contributed by atoms with E-state index in [0.29, 0.717) is 0 Å². The number of aryl methyl sites for hydroxylation is 2. The molecule has 0 amide bonds. The molecule has 0 aliphatic rings. The van der Waals surface area contributed by atoms with Crippen LogP contribution < -0.4 is 9.30 Å². The summed E-state index contributed by atoms with van der Waals surface area (Å²) < 4.78 is 9.86. The molecule has 0 atom stereocenters. The van der Waals surface area contributed by atoms with Crippen LogP contribution in [0.5, 0.6) is 5.75 Å². The molecule has 2 aromatic carbocycles. The fourth-order valence-corrected chi connectivity index (χ4v) is 3.80. The highest BCUT2D eigenvalue weighted by molar-refractivity contribution is 5.90. The third-order valence-corrected chi connectivity index (χ3v) is 5.30. The maximum absolute atomic E-state index is 5.43. The first-order valence-electron chi connectivity index (χ1n) is 9.47. The molecule has 0 aliphatic carbocycles. The number of nitrogens with zero attached hydrogens (tertiary/aromatic N) is 2. The van der Waals surface area contributed by atoms with Gasteiger partial charge in [-0.2, -0.15) is 0 Å². The molecule has 2 heterocycles. The normalized spacial score (nSPS) is 11.4. The van der Waals surface area contributed by atoms with E-state index in [9.17, 15) is 0 Å².